The number of hydrogen-bond acceptors (Lipinski definition) is 4. The van der Waals surface area contributed by atoms with E-state index in [-0.39, 0.29) is 17.3 Å². The van der Waals surface area contributed by atoms with E-state index < -0.39 is 0 Å². The molecule has 96 valence electrons. The number of benzene rings is 1. The van der Waals surface area contributed by atoms with E-state index in [1.807, 2.05) is 0 Å². The fraction of sp³-hybridized carbons (Fsp3) is 0.0769. The quantitative estimate of drug-likeness (QED) is 0.873. The van der Waals surface area contributed by atoms with Crippen LogP contribution in [0.5, 0.6) is 0 Å². The largest absolute Gasteiger partial charge is 0.324 e. The van der Waals surface area contributed by atoms with E-state index >= 15 is 0 Å². The molecule has 1 heterocycles. The van der Waals surface area contributed by atoms with E-state index in [9.17, 15) is 9.59 Å². The highest BCUT2D eigenvalue weighted by Gasteiger charge is 2.15. The second-order valence-electron chi connectivity index (χ2n) is 3.83. The molecule has 1 N–H and O–H groups in total. The molecule has 2 rings (SSSR count). The van der Waals surface area contributed by atoms with Gasteiger partial charge in [0, 0.05) is 17.5 Å². The van der Waals surface area contributed by atoms with Crippen LogP contribution in [0.15, 0.2) is 36.7 Å². The summed E-state index contributed by atoms with van der Waals surface area (Å²) in [5, 5.41) is 10.4. The Hall–Kier alpha value is -2.27. The van der Waals surface area contributed by atoms with Crippen LogP contribution in [0, 0.1) is 0 Å². The van der Waals surface area contributed by atoms with Crippen molar-refractivity contribution in [3.05, 3.63) is 52.8 Å². The molecular formula is C13H10ClN3O2. The molecular weight excluding hydrogens is 266 g/mol. The first kappa shape index (κ1) is 13.2. The van der Waals surface area contributed by atoms with Crippen LogP contribution in [0.2, 0.25) is 5.02 Å². The Balaban J connectivity index is 2.38. The summed E-state index contributed by atoms with van der Waals surface area (Å²) in [7, 11) is 0. The first-order valence-electron chi connectivity index (χ1n) is 5.46. The number of anilines is 1. The lowest BCUT2D eigenvalue weighted by molar-refractivity contribution is -0.114. The Morgan fingerprint density at radius 2 is 1.74 bits per heavy atom. The Bertz CT molecular complexity index is 626. The first-order chi connectivity index (χ1) is 9.08. The summed E-state index contributed by atoms with van der Waals surface area (Å²) in [6.45, 7) is 1.36. The lowest BCUT2D eigenvalue weighted by Gasteiger charge is -2.07. The number of aromatic nitrogens is 2. The zero-order valence-corrected chi connectivity index (χ0v) is 10.8. The van der Waals surface area contributed by atoms with Gasteiger partial charge in [-0.15, -0.1) is 0 Å². The second-order valence-corrected chi connectivity index (χ2v) is 4.27. The van der Waals surface area contributed by atoms with Crippen molar-refractivity contribution in [1.82, 2.24) is 10.2 Å². The molecule has 0 saturated carbocycles. The lowest BCUT2D eigenvalue weighted by Crippen LogP contribution is -2.12. The number of ketones is 1. The van der Waals surface area contributed by atoms with E-state index in [1.54, 1.807) is 24.3 Å². The van der Waals surface area contributed by atoms with E-state index in [2.05, 4.69) is 15.5 Å². The molecule has 0 radical (unpaired) electrons. The Morgan fingerprint density at radius 1 is 1.11 bits per heavy atom. The van der Waals surface area contributed by atoms with Gasteiger partial charge in [-0.2, -0.15) is 10.2 Å². The fourth-order valence-electron chi connectivity index (χ4n) is 1.55. The molecule has 0 aliphatic heterocycles. The number of halogens is 1. The van der Waals surface area contributed by atoms with Crippen molar-refractivity contribution in [2.24, 2.45) is 0 Å². The molecule has 0 unspecified atom stereocenters. The van der Waals surface area contributed by atoms with Gasteiger partial charge in [-0.05, 0) is 24.3 Å². The summed E-state index contributed by atoms with van der Waals surface area (Å²) in [6, 6.07) is 6.48. The topological polar surface area (TPSA) is 72.0 Å². The molecule has 0 spiro atoms. The Kier molecular flexibility index (Phi) is 3.87. The summed E-state index contributed by atoms with van der Waals surface area (Å²) in [5.41, 5.74) is 1.08. The predicted molar refractivity (Wildman–Crippen MR) is 71.2 cm³/mol. The maximum Gasteiger partial charge on any atom is 0.221 e. The molecule has 2 aromatic rings. The maximum atomic E-state index is 12.3. The van der Waals surface area contributed by atoms with Crippen LogP contribution in [-0.4, -0.2) is 21.9 Å². The average Bonchev–Trinajstić information content (AvgIpc) is 2.39. The first-order valence-corrected chi connectivity index (χ1v) is 5.84. The van der Waals surface area contributed by atoms with E-state index in [0.717, 1.165) is 0 Å². The number of nitrogens with one attached hydrogen (secondary N) is 1. The van der Waals surface area contributed by atoms with Crippen LogP contribution >= 0.6 is 11.6 Å². The van der Waals surface area contributed by atoms with E-state index in [0.29, 0.717) is 16.3 Å². The highest BCUT2D eigenvalue weighted by Crippen LogP contribution is 2.18. The van der Waals surface area contributed by atoms with Gasteiger partial charge in [-0.1, -0.05) is 11.6 Å². The molecule has 5 nitrogen and oxygen atoms in total. The third-order valence-electron chi connectivity index (χ3n) is 2.39. The molecule has 0 atom stereocenters. The van der Waals surface area contributed by atoms with E-state index in [1.165, 1.54) is 19.3 Å². The number of nitrogens with zero attached hydrogens (tertiary/aromatic N) is 2. The second kappa shape index (κ2) is 5.58. The average molecular weight is 276 g/mol. The fourth-order valence-corrected chi connectivity index (χ4v) is 1.67. The lowest BCUT2D eigenvalue weighted by atomic mass is 10.0. The molecule has 1 amide bonds. The number of carbonyl (C=O) groups is 2. The molecule has 0 saturated heterocycles. The highest BCUT2D eigenvalue weighted by molar-refractivity contribution is 6.30. The van der Waals surface area contributed by atoms with Crippen molar-refractivity contribution >= 4 is 29.0 Å². The molecule has 0 fully saturated rings. The Morgan fingerprint density at radius 3 is 2.37 bits per heavy atom. The SMILES string of the molecule is CC(=O)Nc1cnncc1C(=O)c1ccc(Cl)cc1. The van der Waals surface area contributed by atoms with Crippen molar-refractivity contribution < 1.29 is 9.59 Å². The molecule has 0 aliphatic rings. The van der Waals surface area contributed by atoms with Gasteiger partial charge in [0.25, 0.3) is 0 Å². The van der Waals surface area contributed by atoms with Gasteiger partial charge >= 0.3 is 0 Å². The summed E-state index contributed by atoms with van der Waals surface area (Å²) >= 11 is 5.77. The van der Waals surface area contributed by atoms with Gasteiger partial charge in [0.15, 0.2) is 5.78 Å². The third kappa shape index (κ3) is 3.14. The zero-order valence-electron chi connectivity index (χ0n) is 10.1. The normalized spacial score (nSPS) is 10.0. The number of hydrogen-bond donors (Lipinski definition) is 1. The molecule has 19 heavy (non-hydrogen) atoms. The number of rotatable bonds is 3. The van der Waals surface area contributed by atoms with Crippen molar-refractivity contribution in [2.45, 2.75) is 6.92 Å². The summed E-state index contributed by atoms with van der Waals surface area (Å²) in [5.74, 6) is -0.534. The summed E-state index contributed by atoms with van der Waals surface area (Å²) in [4.78, 5) is 23.4. The van der Waals surface area contributed by atoms with Gasteiger partial charge in [-0.25, -0.2) is 0 Å². The predicted octanol–water partition coefficient (Wildman–Crippen LogP) is 2.32. The number of carbonyl (C=O) groups excluding carboxylic acids is 2. The third-order valence-corrected chi connectivity index (χ3v) is 2.64. The van der Waals surface area contributed by atoms with Gasteiger partial charge in [0.05, 0.1) is 23.6 Å². The minimum atomic E-state index is -0.279. The van der Waals surface area contributed by atoms with Crippen LogP contribution in [0.25, 0.3) is 0 Å². The minimum Gasteiger partial charge on any atom is -0.324 e. The van der Waals surface area contributed by atoms with Crippen LogP contribution in [0.1, 0.15) is 22.8 Å². The molecule has 0 bridgehead atoms. The maximum absolute atomic E-state index is 12.3. The molecule has 6 heteroatoms. The van der Waals surface area contributed by atoms with Gasteiger partial charge in [-0.3, -0.25) is 9.59 Å². The standard InChI is InChI=1S/C13H10ClN3O2/c1-8(18)17-12-7-16-15-6-11(12)13(19)9-2-4-10(14)5-3-9/h2-7H,1H3,(H,15,17,18). The van der Waals surface area contributed by atoms with Crippen LogP contribution in [0.3, 0.4) is 0 Å². The minimum absolute atomic E-state index is 0.254. The molecule has 0 aliphatic carbocycles. The van der Waals surface area contributed by atoms with Crippen molar-refractivity contribution in [2.75, 3.05) is 5.32 Å². The Labute approximate surface area is 114 Å². The van der Waals surface area contributed by atoms with Crippen molar-refractivity contribution in [3.63, 3.8) is 0 Å². The van der Waals surface area contributed by atoms with Crippen molar-refractivity contribution in [1.29, 1.82) is 0 Å². The van der Waals surface area contributed by atoms with Gasteiger partial charge in [0.2, 0.25) is 5.91 Å². The van der Waals surface area contributed by atoms with Gasteiger partial charge < -0.3 is 5.32 Å². The summed E-state index contributed by atoms with van der Waals surface area (Å²) in [6.07, 6.45) is 2.66. The highest BCUT2D eigenvalue weighted by atomic mass is 35.5. The van der Waals surface area contributed by atoms with E-state index in [4.69, 9.17) is 11.6 Å². The van der Waals surface area contributed by atoms with Crippen LogP contribution < -0.4 is 5.32 Å². The number of amides is 1. The summed E-state index contributed by atoms with van der Waals surface area (Å²) < 4.78 is 0. The zero-order chi connectivity index (χ0) is 13.8. The van der Waals surface area contributed by atoms with Crippen LogP contribution in [0.4, 0.5) is 5.69 Å². The van der Waals surface area contributed by atoms with Crippen LogP contribution in [-0.2, 0) is 4.79 Å². The van der Waals surface area contributed by atoms with Crippen molar-refractivity contribution in [3.8, 4) is 0 Å². The molecule has 1 aromatic heterocycles. The monoisotopic (exact) mass is 275 g/mol. The molecule has 1 aromatic carbocycles. The smallest absolute Gasteiger partial charge is 0.221 e. The van der Waals surface area contributed by atoms with Gasteiger partial charge in [0.1, 0.15) is 0 Å².